The molecule has 15 heavy (non-hydrogen) atoms. The Hall–Kier alpha value is 0.600. The van der Waals surface area contributed by atoms with E-state index >= 15 is 0 Å². The van der Waals surface area contributed by atoms with Crippen molar-refractivity contribution in [3.8, 4) is 12.3 Å². The van der Waals surface area contributed by atoms with Gasteiger partial charge in [-0.25, -0.2) is 0 Å². The van der Waals surface area contributed by atoms with Crippen molar-refractivity contribution in [1.82, 2.24) is 4.67 Å². The molecule has 0 saturated carbocycles. The fourth-order valence-electron chi connectivity index (χ4n) is 1.46. The maximum absolute atomic E-state index is 5.89. The average Bonchev–Trinajstić information content (AvgIpc) is 2.14. The first-order chi connectivity index (χ1) is 6.93. The number of halogens is 1. The van der Waals surface area contributed by atoms with E-state index in [-0.39, 0.29) is 0 Å². The number of nitrogens with zero attached hydrogens (tertiary/aromatic N) is 1. The Kier molecular flexibility index (Phi) is 6.62. The second kappa shape index (κ2) is 6.36. The van der Waals surface area contributed by atoms with Gasteiger partial charge in [0.1, 0.15) is 0 Å². The summed E-state index contributed by atoms with van der Waals surface area (Å²) >= 11 is 2.31. The first-order valence-corrected chi connectivity index (χ1v) is 10.4. The predicted molar refractivity (Wildman–Crippen MR) is 76.2 cm³/mol. The summed E-state index contributed by atoms with van der Waals surface area (Å²) in [5.74, 6) is 2.66. The van der Waals surface area contributed by atoms with Gasteiger partial charge in [-0.05, 0) is 0 Å². The van der Waals surface area contributed by atoms with Gasteiger partial charge in [0.2, 0.25) is 0 Å². The Morgan fingerprint density at radius 1 is 1.27 bits per heavy atom. The molecule has 90 valence electrons. The minimum absolute atomic E-state index is 0.563. The van der Waals surface area contributed by atoms with Crippen LogP contribution in [0.15, 0.2) is 0 Å². The summed E-state index contributed by atoms with van der Waals surface area (Å²) < 4.78 is 13.9. The zero-order valence-corrected chi connectivity index (χ0v) is 13.0. The molecule has 0 aliphatic carbocycles. The van der Waals surface area contributed by atoms with E-state index in [4.69, 9.17) is 15.5 Å². The van der Waals surface area contributed by atoms with Crippen molar-refractivity contribution in [2.24, 2.45) is 0 Å². The maximum atomic E-state index is 5.89. The molecule has 0 spiro atoms. The Balaban J connectivity index is 4.96. The van der Waals surface area contributed by atoms with E-state index in [1.54, 1.807) is 0 Å². The predicted octanol–water partition coefficient (Wildman–Crippen LogP) is 3.29. The van der Waals surface area contributed by atoms with Crippen LogP contribution >= 0.6 is 26.9 Å². The summed E-state index contributed by atoms with van der Waals surface area (Å²) in [4.78, 5) is -2.71. The molecule has 0 aromatic carbocycles. The van der Waals surface area contributed by atoms with E-state index in [1.165, 1.54) is 0 Å². The van der Waals surface area contributed by atoms with E-state index in [2.05, 4.69) is 39.6 Å². The fraction of sp³-hybridized carbons (Fsp3) is 0.800. The standard InChI is InChI=1S/C10H21INO2P/c1-6-10-12(7-2)15(5,11,13-8-3)14-9-4/h1H,7-10H2,2-5H3. The van der Waals surface area contributed by atoms with Gasteiger partial charge in [0, 0.05) is 0 Å². The third-order valence-corrected chi connectivity index (χ3v) is 8.93. The second-order valence-electron chi connectivity index (χ2n) is 3.21. The van der Waals surface area contributed by atoms with Crippen molar-refractivity contribution in [2.45, 2.75) is 20.8 Å². The molecular formula is C10H21INO2P. The molecule has 5 heteroatoms. The van der Waals surface area contributed by atoms with Crippen LogP contribution in [-0.2, 0) is 9.05 Å². The number of hydrogen-bond acceptors (Lipinski definition) is 3. The van der Waals surface area contributed by atoms with Crippen LogP contribution in [0.2, 0.25) is 0 Å². The van der Waals surface area contributed by atoms with E-state index in [1.807, 2.05) is 20.5 Å². The van der Waals surface area contributed by atoms with Crippen LogP contribution in [0.5, 0.6) is 0 Å². The van der Waals surface area contributed by atoms with Gasteiger partial charge >= 0.3 is 107 Å². The van der Waals surface area contributed by atoms with Gasteiger partial charge in [-0.15, -0.1) is 0 Å². The molecule has 3 nitrogen and oxygen atoms in total. The Morgan fingerprint density at radius 2 is 1.73 bits per heavy atom. The molecule has 0 bridgehead atoms. The average molecular weight is 345 g/mol. The summed E-state index contributed by atoms with van der Waals surface area (Å²) in [6.45, 7) is 10.7. The summed E-state index contributed by atoms with van der Waals surface area (Å²) in [6, 6.07) is 0. The van der Waals surface area contributed by atoms with Crippen molar-refractivity contribution < 1.29 is 9.05 Å². The van der Waals surface area contributed by atoms with E-state index in [0.29, 0.717) is 19.8 Å². The quantitative estimate of drug-likeness (QED) is 0.402. The van der Waals surface area contributed by atoms with Crippen LogP contribution in [0, 0.1) is 12.3 Å². The third kappa shape index (κ3) is 4.16. The van der Waals surface area contributed by atoms with Gasteiger partial charge in [0.25, 0.3) is 0 Å². The van der Waals surface area contributed by atoms with Crippen molar-refractivity contribution in [1.29, 1.82) is 0 Å². The monoisotopic (exact) mass is 345 g/mol. The molecule has 0 N–H and O–H groups in total. The molecule has 0 aromatic rings. The first kappa shape index (κ1) is 15.6. The summed E-state index contributed by atoms with van der Waals surface area (Å²) in [5, 5.41) is 0. The topological polar surface area (TPSA) is 21.7 Å². The van der Waals surface area contributed by atoms with Gasteiger partial charge in [-0.2, -0.15) is 0 Å². The van der Waals surface area contributed by atoms with Gasteiger partial charge in [0.15, 0.2) is 0 Å². The van der Waals surface area contributed by atoms with Crippen LogP contribution in [0.1, 0.15) is 20.8 Å². The molecular weight excluding hydrogens is 324 g/mol. The summed E-state index contributed by atoms with van der Waals surface area (Å²) in [5.41, 5.74) is 0. The van der Waals surface area contributed by atoms with Crippen molar-refractivity contribution in [3.05, 3.63) is 0 Å². The molecule has 0 fully saturated rings. The molecule has 0 saturated heterocycles. The summed E-state index contributed by atoms with van der Waals surface area (Å²) in [7, 11) is 0. The minimum atomic E-state index is -2.71. The van der Waals surface area contributed by atoms with Gasteiger partial charge in [-0.3, -0.25) is 0 Å². The van der Waals surface area contributed by atoms with Crippen molar-refractivity contribution in [3.63, 3.8) is 0 Å². The van der Waals surface area contributed by atoms with Crippen LogP contribution in [0.25, 0.3) is 0 Å². The van der Waals surface area contributed by atoms with Gasteiger partial charge in [-0.1, -0.05) is 0 Å². The Labute approximate surface area is 107 Å². The van der Waals surface area contributed by atoms with Crippen molar-refractivity contribution in [2.75, 3.05) is 33.0 Å². The Morgan fingerprint density at radius 3 is 2.00 bits per heavy atom. The van der Waals surface area contributed by atoms with Crippen LogP contribution in [0.4, 0.5) is 0 Å². The molecule has 0 amide bonds. The summed E-state index contributed by atoms with van der Waals surface area (Å²) in [6.07, 6.45) is 5.37. The molecule has 0 atom stereocenters. The zero-order valence-electron chi connectivity index (χ0n) is 9.99. The molecule has 0 aromatic heterocycles. The normalized spacial score (nSPS) is 14.6. The van der Waals surface area contributed by atoms with Gasteiger partial charge in [0.05, 0.1) is 0 Å². The molecule has 0 rings (SSSR count). The molecule has 0 aliphatic heterocycles. The van der Waals surface area contributed by atoms with Crippen molar-refractivity contribution >= 4 is 26.9 Å². The first-order valence-electron chi connectivity index (χ1n) is 5.15. The van der Waals surface area contributed by atoms with E-state index in [0.717, 1.165) is 6.54 Å². The zero-order chi connectivity index (χ0) is 12.0. The van der Waals surface area contributed by atoms with E-state index in [9.17, 15) is 0 Å². The van der Waals surface area contributed by atoms with Crippen LogP contribution in [0.3, 0.4) is 0 Å². The van der Waals surface area contributed by atoms with Crippen LogP contribution in [-0.4, -0.2) is 37.6 Å². The van der Waals surface area contributed by atoms with Gasteiger partial charge < -0.3 is 0 Å². The second-order valence-corrected chi connectivity index (χ2v) is 13.2. The molecule has 0 unspecified atom stereocenters. The SMILES string of the molecule is C#CCN(CC)P(C)(I)(OCC)OCC. The number of terminal acetylenes is 1. The van der Waals surface area contributed by atoms with Crippen LogP contribution < -0.4 is 0 Å². The molecule has 0 aliphatic rings. The number of rotatable bonds is 7. The Bertz CT molecular complexity index is 230. The number of hydrogen-bond donors (Lipinski definition) is 0. The molecule has 0 radical (unpaired) electrons. The molecule has 0 heterocycles. The van der Waals surface area contributed by atoms with E-state index < -0.39 is 4.85 Å². The fourth-order valence-corrected chi connectivity index (χ4v) is 7.07. The third-order valence-electron chi connectivity index (χ3n) is 2.09.